The van der Waals surface area contributed by atoms with Gasteiger partial charge in [0.05, 0.1) is 19.3 Å². The molecule has 1 saturated carbocycles. The number of hydrogen-bond donors (Lipinski definition) is 1. The lowest BCUT2D eigenvalue weighted by molar-refractivity contribution is 0.243. The van der Waals surface area contributed by atoms with Gasteiger partial charge in [-0.05, 0) is 38.3 Å². The smallest absolute Gasteiger partial charge is 0.161 e. The summed E-state index contributed by atoms with van der Waals surface area (Å²) >= 11 is 0. The van der Waals surface area contributed by atoms with Crippen LogP contribution in [0.3, 0.4) is 0 Å². The molecule has 1 atom stereocenters. The molecule has 1 fully saturated rings. The van der Waals surface area contributed by atoms with Crippen molar-refractivity contribution in [3.05, 3.63) is 24.3 Å². The highest BCUT2D eigenvalue weighted by molar-refractivity contribution is 5.39. The van der Waals surface area contributed by atoms with Crippen molar-refractivity contribution in [1.82, 2.24) is 5.32 Å². The van der Waals surface area contributed by atoms with Crippen molar-refractivity contribution in [3.63, 3.8) is 0 Å². The monoisotopic (exact) mass is 288 g/mol. The number of para-hydroxylation sites is 2. The van der Waals surface area contributed by atoms with Crippen LogP contribution < -0.4 is 14.8 Å². The number of nitrogens with one attached hydrogen (secondary N) is 1. The van der Waals surface area contributed by atoms with Gasteiger partial charge in [0, 0.05) is 12.5 Å². The maximum atomic E-state index is 9.34. The van der Waals surface area contributed by atoms with Gasteiger partial charge in [-0.25, -0.2) is 0 Å². The molecule has 0 bridgehead atoms. The molecule has 4 heteroatoms. The molecule has 0 amide bonds. The van der Waals surface area contributed by atoms with Crippen LogP contribution in [0.25, 0.3) is 0 Å². The van der Waals surface area contributed by atoms with E-state index in [0.717, 1.165) is 17.9 Å². The zero-order valence-corrected chi connectivity index (χ0v) is 12.9. The maximum absolute atomic E-state index is 9.34. The molecule has 1 aliphatic rings. The number of ether oxygens (including phenoxy) is 2. The van der Waals surface area contributed by atoms with Gasteiger partial charge in [0.1, 0.15) is 5.54 Å². The molecule has 0 heterocycles. The average molecular weight is 288 g/mol. The number of hydrogen-bond acceptors (Lipinski definition) is 4. The SMILES string of the molecule is CCCOc1ccccc1OCCC(C)(C#N)NC1CC1. The molecule has 0 saturated heterocycles. The van der Waals surface area contributed by atoms with E-state index in [1.54, 1.807) is 0 Å². The zero-order chi connectivity index (χ0) is 15.1. The minimum absolute atomic E-state index is 0.496. The van der Waals surface area contributed by atoms with Crippen molar-refractivity contribution in [2.24, 2.45) is 0 Å². The van der Waals surface area contributed by atoms with Crippen LogP contribution in [0.5, 0.6) is 11.5 Å². The zero-order valence-electron chi connectivity index (χ0n) is 12.9. The Labute approximate surface area is 127 Å². The lowest BCUT2D eigenvalue weighted by Crippen LogP contribution is -2.43. The lowest BCUT2D eigenvalue weighted by atomic mass is 10.0. The first-order valence-corrected chi connectivity index (χ1v) is 7.70. The van der Waals surface area contributed by atoms with Crippen molar-refractivity contribution in [2.75, 3.05) is 13.2 Å². The van der Waals surface area contributed by atoms with Crippen LogP contribution in [0, 0.1) is 11.3 Å². The predicted molar refractivity (Wildman–Crippen MR) is 82.5 cm³/mol. The Bertz CT molecular complexity index is 494. The van der Waals surface area contributed by atoms with E-state index < -0.39 is 5.54 Å². The van der Waals surface area contributed by atoms with Gasteiger partial charge in [-0.2, -0.15) is 5.26 Å². The maximum Gasteiger partial charge on any atom is 0.161 e. The van der Waals surface area contributed by atoms with E-state index in [9.17, 15) is 5.26 Å². The van der Waals surface area contributed by atoms with E-state index in [1.807, 2.05) is 31.2 Å². The summed E-state index contributed by atoms with van der Waals surface area (Å²) in [5.41, 5.74) is -0.514. The predicted octanol–water partition coefficient (Wildman–Crippen LogP) is 3.28. The van der Waals surface area contributed by atoms with E-state index in [4.69, 9.17) is 9.47 Å². The summed E-state index contributed by atoms with van der Waals surface area (Å²) in [5, 5.41) is 12.7. The molecule has 1 unspecified atom stereocenters. The molecule has 1 aromatic rings. The molecule has 1 aliphatic carbocycles. The topological polar surface area (TPSA) is 54.3 Å². The number of rotatable bonds is 9. The van der Waals surface area contributed by atoms with E-state index in [2.05, 4.69) is 18.3 Å². The fourth-order valence-corrected chi connectivity index (χ4v) is 2.10. The molecule has 2 rings (SSSR count). The summed E-state index contributed by atoms with van der Waals surface area (Å²) < 4.78 is 11.5. The first-order valence-electron chi connectivity index (χ1n) is 7.70. The van der Waals surface area contributed by atoms with E-state index in [0.29, 0.717) is 25.7 Å². The van der Waals surface area contributed by atoms with Crippen LogP contribution in [0.2, 0.25) is 0 Å². The van der Waals surface area contributed by atoms with Gasteiger partial charge in [0.15, 0.2) is 11.5 Å². The minimum atomic E-state index is -0.514. The number of benzene rings is 1. The fourth-order valence-electron chi connectivity index (χ4n) is 2.10. The first kappa shape index (κ1) is 15.7. The van der Waals surface area contributed by atoms with E-state index >= 15 is 0 Å². The second-order valence-electron chi connectivity index (χ2n) is 5.76. The van der Waals surface area contributed by atoms with Crippen molar-refractivity contribution in [3.8, 4) is 17.6 Å². The second kappa shape index (κ2) is 7.33. The second-order valence-corrected chi connectivity index (χ2v) is 5.76. The van der Waals surface area contributed by atoms with E-state index in [-0.39, 0.29) is 0 Å². The Kier molecular flexibility index (Phi) is 5.46. The summed E-state index contributed by atoms with van der Waals surface area (Å²) in [6.07, 6.45) is 3.96. The molecular formula is C17H24N2O2. The molecule has 0 aliphatic heterocycles. The minimum Gasteiger partial charge on any atom is -0.490 e. The summed E-state index contributed by atoms with van der Waals surface area (Å²) in [6, 6.07) is 10.6. The van der Waals surface area contributed by atoms with Crippen LogP contribution in [0.15, 0.2) is 24.3 Å². The first-order chi connectivity index (χ1) is 10.2. The molecule has 21 heavy (non-hydrogen) atoms. The molecule has 1 aromatic carbocycles. The molecule has 114 valence electrons. The van der Waals surface area contributed by atoms with Crippen LogP contribution >= 0.6 is 0 Å². The van der Waals surface area contributed by atoms with Gasteiger partial charge in [-0.15, -0.1) is 0 Å². The van der Waals surface area contributed by atoms with Gasteiger partial charge in [-0.3, -0.25) is 5.32 Å². The molecule has 0 aromatic heterocycles. The van der Waals surface area contributed by atoms with Crippen LogP contribution in [0.1, 0.15) is 39.5 Å². The van der Waals surface area contributed by atoms with Gasteiger partial charge in [0.2, 0.25) is 0 Å². The Morgan fingerprint density at radius 2 is 1.86 bits per heavy atom. The Hall–Kier alpha value is -1.73. The van der Waals surface area contributed by atoms with Crippen LogP contribution in [-0.4, -0.2) is 24.8 Å². The summed E-state index contributed by atoms with van der Waals surface area (Å²) in [4.78, 5) is 0. The third-order valence-electron chi connectivity index (χ3n) is 3.52. The molecule has 0 radical (unpaired) electrons. The highest BCUT2D eigenvalue weighted by atomic mass is 16.5. The Balaban J connectivity index is 1.86. The molecule has 1 N–H and O–H groups in total. The van der Waals surface area contributed by atoms with E-state index in [1.165, 1.54) is 12.8 Å². The van der Waals surface area contributed by atoms with Gasteiger partial charge in [0.25, 0.3) is 0 Å². The molecule has 4 nitrogen and oxygen atoms in total. The normalized spacial score (nSPS) is 16.8. The quantitative estimate of drug-likeness (QED) is 0.757. The van der Waals surface area contributed by atoms with Crippen molar-refractivity contribution in [2.45, 2.75) is 51.1 Å². The number of nitrogens with zero attached hydrogens (tertiary/aromatic N) is 1. The molecular weight excluding hydrogens is 264 g/mol. The van der Waals surface area contributed by atoms with Crippen molar-refractivity contribution < 1.29 is 9.47 Å². The highest BCUT2D eigenvalue weighted by Crippen LogP contribution is 2.28. The summed E-state index contributed by atoms with van der Waals surface area (Å²) in [7, 11) is 0. The average Bonchev–Trinajstić information content (AvgIpc) is 3.30. The largest absolute Gasteiger partial charge is 0.490 e. The fraction of sp³-hybridized carbons (Fsp3) is 0.588. The van der Waals surface area contributed by atoms with Gasteiger partial charge in [-0.1, -0.05) is 19.1 Å². The Morgan fingerprint density at radius 3 is 2.38 bits per heavy atom. The Morgan fingerprint density at radius 1 is 1.24 bits per heavy atom. The van der Waals surface area contributed by atoms with Crippen LogP contribution in [-0.2, 0) is 0 Å². The third-order valence-corrected chi connectivity index (χ3v) is 3.52. The van der Waals surface area contributed by atoms with Gasteiger partial charge < -0.3 is 9.47 Å². The van der Waals surface area contributed by atoms with Crippen molar-refractivity contribution >= 4 is 0 Å². The molecule has 0 spiro atoms. The number of nitriles is 1. The lowest BCUT2D eigenvalue weighted by Gasteiger charge is -2.23. The standard InChI is InChI=1S/C17H24N2O2/c1-3-11-20-15-6-4-5-7-16(15)21-12-10-17(2,13-18)19-14-8-9-14/h4-7,14,19H,3,8-12H2,1-2H3. The van der Waals surface area contributed by atoms with Crippen LogP contribution in [0.4, 0.5) is 0 Å². The van der Waals surface area contributed by atoms with Crippen molar-refractivity contribution in [1.29, 1.82) is 5.26 Å². The summed E-state index contributed by atoms with van der Waals surface area (Å²) in [6.45, 7) is 5.19. The third kappa shape index (κ3) is 4.95. The van der Waals surface area contributed by atoms with Gasteiger partial charge >= 0.3 is 0 Å². The highest BCUT2D eigenvalue weighted by Gasteiger charge is 2.32. The summed E-state index contributed by atoms with van der Waals surface area (Å²) in [5.74, 6) is 1.52.